The van der Waals surface area contributed by atoms with Crippen LogP contribution in [0.5, 0.6) is 5.75 Å². The van der Waals surface area contributed by atoms with E-state index in [1.54, 1.807) is 17.8 Å². The highest BCUT2D eigenvalue weighted by Gasteiger charge is 2.06. The highest BCUT2D eigenvalue weighted by atomic mass is 32.2. The van der Waals surface area contributed by atoms with Crippen molar-refractivity contribution < 1.29 is 14.6 Å². The van der Waals surface area contributed by atoms with Gasteiger partial charge in [-0.3, -0.25) is 0 Å². The summed E-state index contributed by atoms with van der Waals surface area (Å²) in [5.41, 5.74) is 1.21. The summed E-state index contributed by atoms with van der Waals surface area (Å²) < 4.78 is 5.60. The third kappa shape index (κ3) is 4.29. The van der Waals surface area contributed by atoms with Crippen LogP contribution in [0, 0.1) is 6.92 Å². The van der Waals surface area contributed by atoms with Crippen LogP contribution < -0.4 is 4.74 Å². The molecule has 1 N–H and O–H groups in total. The topological polar surface area (TPSA) is 46.5 Å². The lowest BCUT2D eigenvalue weighted by Gasteiger charge is -2.05. The van der Waals surface area contributed by atoms with E-state index in [4.69, 9.17) is 9.84 Å². The number of ether oxygens (including phenoxy) is 1. The Morgan fingerprint density at radius 2 is 2.11 bits per heavy atom. The fraction of sp³-hybridized carbons (Fsp3) is 0.214. The number of carboxylic acids is 1. The predicted octanol–water partition coefficient (Wildman–Crippen LogP) is 3.93. The summed E-state index contributed by atoms with van der Waals surface area (Å²) in [7, 11) is 0. The van der Waals surface area contributed by atoms with Gasteiger partial charge in [-0.15, -0.1) is 23.1 Å². The molecule has 0 unspecified atom stereocenters. The molecule has 0 atom stereocenters. The molecule has 0 radical (unpaired) electrons. The van der Waals surface area contributed by atoms with E-state index >= 15 is 0 Å². The van der Waals surface area contributed by atoms with Crippen LogP contribution >= 0.6 is 23.1 Å². The molecule has 0 amide bonds. The Kier molecular flexibility index (Phi) is 4.87. The number of carbonyl (C=O) groups is 1. The van der Waals surface area contributed by atoms with Crippen LogP contribution in [-0.2, 0) is 0 Å². The van der Waals surface area contributed by atoms with Crippen LogP contribution in [0.25, 0.3) is 0 Å². The Labute approximate surface area is 120 Å². The van der Waals surface area contributed by atoms with Crippen molar-refractivity contribution in [2.24, 2.45) is 0 Å². The fourth-order valence-corrected chi connectivity index (χ4v) is 3.16. The monoisotopic (exact) mass is 294 g/mol. The number of hydrogen-bond acceptors (Lipinski definition) is 4. The Balaban J connectivity index is 1.74. The third-order valence-electron chi connectivity index (χ3n) is 2.43. The summed E-state index contributed by atoms with van der Waals surface area (Å²) in [4.78, 5) is 12.1. The molecular formula is C14H14O3S2. The zero-order valence-electron chi connectivity index (χ0n) is 10.5. The molecule has 0 spiro atoms. The van der Waals surface area contributed by atoms with E-state index in [-0.39, 0.29) is 0 Å². The van der Waals surface area contributed by atoms with Crippen LogP contribution in [-0.4, -0.2) is 23.4 Å². The molecule has 5 heteroatoms. The number of rotatable bonds is 6. The van der Waals surface area contributed by atoms with Gasteiger partial charge in [0.2, 0.25) is 0 Å². The summed E-state index contributed by atoms with van der Waals surface area (Å²) >= 11 is 2.86. The molecule has 3 nitrogen and oxygen atoms in total. The van der Waals surface area contributed by atoms with Crippen molar-refractivity contribution >= 4 is 29.1 Å². The number of thiophene rings is 1. The van der Waals surface area contributed by atoms with Crippen LogP contribution in [0.3, 0.4) is 0 Å². The van der Waals surface area contributed by atoms with E-state index in [9.17, 15) is 4.79 Å². The maximum Gasteiger partial charge on any atom is 0.345 e. The molecular weight excluding hydrogens is 280 g/mol. The van der Waals surface area contributed by atoms with Crippen molar-refractivity contribution in [1.29, 1.82) is 0 Å². The van der Waals surface area contributed by atoms with E-state index in [0.29, 0.717) is 11.5 Å². The molecule has 0 aliphatic rings. The fourth-order valence-electron chi connectivity index (χ4n) is 1.46. The van der Waals surface area contributed by atoms with E-state index in [1.165, 1.54) is 16.9 Å². The molecule has 0 saturated carbocycles. The number of benzene rings is 1. The molecule has 0 fully saturated rings. The summed E-state index contributed by atoms with van der Waals surface area (Å²) in [6.45, 7) is 2.64. The first-order chi connectivity index (χ1) is 9.15. The lowest BCUT2D eigenvalue weighted by Crippen LogP contribution is -1.99. The lowest BCUT2D eigenvalue weighted by molar-refractivity contribution is 0.0702. The van der Waals surface area contributed by atoms with Crippen molar-refractivity contribution in [3.05, 3.63) is 46.2 Å². The largest absolute Gasteiger partial charge is 0.493 e. The van der Waals surface area contributed by atoms with Crippen molar-refractivity contribution in [1.82, 2.24) is 0 Å². The average molecular weight is 294 g/mol. The molecule has 1 aromatic heterocycles. The maximum absolute atomic E-state index is 10.7. The van der Waals surface area contributed by atoms with E-state index in [0.717, 1.165) is 16.4 Å². The molecule has 0 saturated heterocycles. The Morgan fingerprint density at radius 3 is 2.74 bits per heavy atom. The number of hydrogen-bond donors (Lipinski definition) is 1. The second kappa shape index (κ2) is 6.63. The minimum absolute atomic E-state index is 0.377. The predicted molar refractivity (Wildman–Crippen MR) is 78.7 cm³/mol. The number of aryl methyl sites for hydroxylation is 1. The molecule has 0 bridgehead atoms. The van der Waals surface area contributed by atoms with E-state index in [1.807, 2.05) is 36.6 Å². The molecule has 1 aromatic carbocycles. The van der Waals surface area contributed by atoms with Gasteiger partial charge in [0.15, 0.2) is 0 Å². The second-order valence-corrected chi connectivity index (χ2v) is 6.04. The van der Waals surface area contributed by atoms with Crippen molar-refractivity contribution in [2.45, 2.75) is 11.8 Å². The summed E-state index contributed by atoms with van der Waals surface area (Å²) in [6.07, 6.45) is 0. The van der Waals surface area contributed by atoms with Gasteiger partial charge in [0, 0.05) is 16.0 Å². The Morgan fingerprint density at radius 1 is 1.37 bits per heavy atom. The highest BCUT2D eigenvalue weighted by Crippen LogP contribution is 2.24. The molecule has 100 valence electrons. The van der Waals surface area contributed by atoms with Gasteiger partial charge in [0.05, 0.1) is 6.61 Å². The minimum Gasteiger partial charge on any atom is -0.493 e. The summed E-state index contributed by atoms with van der Waals surface area (Å²) in [6, 6.07) is 9.63. The third-order valence-corrected chi connectivity index (χ3v) is 4.44. The molecule has 2 aromatic rings. The second-order valence-electron chi connectivity index (χ2n) is 3.96. The lowest BCUT2D eigenvalue weighted by atomic mass is 10.2. The first-order valence-corrected chi connectivity index (χ1v) is 7.66. The van der Waals surface area contributed by atoms with Crippen LogP contribution in [0.15, 0.2) is 40.6 Å². The summed E-state index contributed by atoms with van der Waals surface area (Å²) in [5, 5.41) is 10.7. The van der Waals surface area contributed by atoms with E-state index in [2.05, 4.69) is 0 Å². The van der Waals surface area contributed by atoms with Gasteiger partial charge in [0.1, 0.15) is 10.6 Å². The Hall–Kier alpha value is -1.46. The van der Waals surface area contributed by atoms with Gasteiger partial charge in [-0.2, -0.15) is 0 Å². The maximum atomic E-state index is 10.7. The Bertz CT molecular complexity index is 546. The van der Waals surface area contributed by atoms with Gasteiger partial charge in [-0.25, -0.2) is 4.79 Å². The number of carboxylic acid groups (broad SMARTS) is 1. The average Bonchev–Trinajstić information content (AvgIpc) is 2.86. The van der Waals surface area contributed by atoms with Crippen molar-refractivity contribution in [2.75, 3.05) is 12.4 Å². The van der Waals surface area contributed by atoms with Crippen LogP contribution in [0.2, 0.25) is 0 Å². The smallest absolute Gasteiger partial charge is 0.345 e. The zero-order chi connectivity index (χ0) is 13.7. The molecule has 2 rings (SSSR count). The van der Waals surface area contributed by atoms with Crippen LogP contribution in [0.4, 0.5) is 0 Å². The van der Waals surface area contributed by atoms with Crippen molar-refractivity contribution in [3.63, 3.8) is 0 Å². The number of aromatic carboxylic acids is 1. The van der Waals surface area contributed by atoms with Gasteiger partial charge in [-0.1, -0.05) is 17.7 Å². The quantitative estimate of drug-likeness (QED) is 0.648. The van der Waals surface area contributed by atoms with Crippen molar-refractivity contribution in [3.8, 4) is 5.75 Å². The van der Waals surface area contributed by atoms with Gasteiger partial charge < -0.3 is 9.84 Å². The molecule has 0 aliphatic carbocycles. The van der Waals surface area contributed by atoms with Crippen LogP contribution in [0.1, 0.15) is 15.2 Å². The first-order valence-electron chi connectivity index (χ1n) is 5.79. The van der Waals surface area contributed by atoms with E-state index < -0.39 is 5.97 Å². The molecule has 0 aliphatic heterocycles. The zero-order valence-corrected chi connectivity index (χ0v) is 12.1. The minimum atomic E-state index is -0.868. The van der Waals surface area contributed by atoms with Gasteiger partial charge in [0.25, 0.3) is 0 Å². The molecule has 19 heavy (non-hydrogen) atoms. The van der Waals surface area contributed by atoms with Gasteiger partial charge >= 0.3 is 5.97 Å². The number of thioether (sulfide) groups is 1. The van der Waals surface area contributed by atoms with Gasteiger partial charge in [-0.05, 0) is 25.1 Å². The normalized spacial score (nSPS) is 10.4. The SMILES string of the molecule is Cc1ccc(OCCSc2csc(C(=O)O)c2)cc1. The molecule has 1 heterocycles. The standard InChI is InChI=1S/C14H14O3S2/c1-10-2-4-11(5-3-10)17-6-7-18-12-8-13(14(15)16)19-9-12/h2-5,8-9H,6-7H2,1H3,(H,15,16). The first kappa shape index (κ1) is 14.0. The highest BCUT2D eigenvalue weighted by molar-refractivity contribution is 7.99. The summed E-state index contributed by atoms with van der Waals surface area (Å²) in [5.74, 6) is 0.791.